The second-order valence-corrected chi connectivity index (χ2v) is 6.96. The van der Waals surface area contributed by atoms with E-state index >= 15 is 0 Å². The number of aromatic nitrogens is 1. The van der Waals surface area contributed by atoms with Gasteiger partial charge >= 0.3 is 0 Å². The van der Waals surface area contributed by atoms with Crippen molar-refractivity contribution in [2.45, 2.75) is 37.6 Å². The lowest BCUT2D eigenvalue weighted by Gasteiger charge is -2.36. The summed E-state index contributed by atoms with van der Waals surface area (Å²) in [6, 6.07) is 1.72. The predicted octanol–water partition coefficient (Wildman–Crippen LogP) is 1.93. The van der Waals surface area contributed by atoms with Gasteiger partial charge in [-0.3, -0.25) is 4.98 Å². The Morgan fingerprint density at radius 2 is 2.16 bits per heavy atom. The summed E-state index contributed by atoms with van der Waals surface area (Å²) >= 11 is 0. The van der Waals surface area contributed by atoms with Crippen LogP contribution in [-0.2, 0) is 10.0 Å². The van der Waals surface area contributed by atoms with Crippen molar-refractivity contribution in [2.75, 3.05) is 18.9 Å². The summed E-state index contributed by atoms with van der Waals surface area (Å²) in [5, 5.41) is 2.92. The van der Waals surface area contributed by atoms with Crippen LogP contribution in [0.2, 0.25) is 0 Å². The van der Waals surface area contributed by atoms with Gasteiger partial charge in [0.25, 0.3) is 0 Å². The zero-order valence-corrected chi connectivity index (χ0v) is 12.4. The largest absolute Gasteiger partial charge is 0.387 e. The van der Waals surface area contributed by atoms with E-state index in [2.05, 4.69) is 17.2 Å². The molecule has 2 heterocycles. The molecule has 106 valence electrons. The van der Waals surface area contributed by atoms with Crippen molar-refractivity contribution in [3.8, 4) is 0 Å². The molecule has 1 aromatic rings. The van der Waals surface area contributed by atoms with Crippen molar-refractivity contribution < 1.29 is 8.42 Å². The highest BCUT2D eigenvalue weighted by molar-refractivity contribution is 7.89. The van der Waals surface area contributed by atoms with Crippen LogP contribution in [0.3, 0.4) is 0 Å². The molecule has 1 saturated heterocycles. The van der Waals surface area contributed by atoms with Gasteiger partial charge in [-0.25, -0.2) is 8.42 Å². The van der Waals surface area contributed by atoms with E-state index in [1.54, 1.807) is 23.6 Å². The molecule has 1 aliphatic rings. The van der Waals surface area contributed by atoms with E-state index in [0.29, 0.717) is 18.2 Å². The Labute approximate surface area is 115 Å². The lowest BCUT2D eigenvalue weighted by molar-refractivity contribution is 0.202. The van der Waals surface area contributed by atoms with Crippen LogP contribution in [0.25, 0.3) is 0 Å². The zero-order valence-electron chi connectivity index (χ0n) is 11.6. The van der Waals surface area contributed by atoms with E-state index in [0.717, 1.165) is 12.8 Å². The lowest BCUT2D eigenvalue weighted by Crippen LogP contribution is -2.46. The summed E-state index contributed by atoms with van der Waals surface area (Å²) < 4.78 is 27.1. The minimum Gasteiger partial charge on any atom is -0.387 e. The van der Waals surface area contributed by atoms with E-state index in [-0.39, 0.29) is 10.9 Å². The molecule has 1 aliphatic heterocycles. The molecule has 0 aliphatic carbocycles. The van der Waals surface area contributed by atoms with Gasteiger partial charge in [0.1, 0.15) is 4.90 Å². The number of sulfonamides is 1. The first-order valence-corrected chi connectivity index (χ1v) is 8.06. The average molecular weight is 283 g/mol. The zero-order chi connectivity index (χ0) is 14.0. The van der Waals surface area contributed by atoms with Gasteiger partial charge < -0.3 is 5.32 Å². The van der Waals surface area contributed by atoms with E-state index in [4.69, 9.17) is 0 Å². The lowest BCUT2D eigenvalue weighted by atomic mass is 9.94. The van der Waals surface area contributed by atoms with Crippen LogP contribution in [0.4, 0.5) is 5.69 Å². The number of rotatable bonds is 3. The van der Waals surface area contributed by atoms with Gasteiger partial charge in [-0.2, -0.15) is 4.31 Å². The normalized spacial score (nSPS) is 25.2. The third-order valence-corrected chi connectivity index (χ3v) is 5.97. The summed E-state index contributed by atoms with van der Waals surface area (Å²) in [5.74, 6) is 0.387. The number of nitrogens with one attached hydrogen (secondary N) is 1. The van der Waals surface area contributed by atoms with Crippen molar-refractivity contribution in [3.63, 3.8) is 0 Å². The molecule has 0 bridgehead atoms. The van der Waals surface area contributed by atoms with Gasteiger partial charge in [0.2, 0.25) is 10.0 Å². The maximum Gasteiger partial charge on any atom is 0.246 e. The Kier molecular flexibility index (Phi) is 4.10. The first-order valence-electron chi connectivity index (χ1n) is 6.62. The Balaban J connectivity index is 2.42. The summed E-state index contributed by atoms with van der Waals surface area (Å²) in [4.78, 5) is 4.22. The van der Waals surface area contributed by atoms with Gasteiger partial charge in [-0.05, 0) is 31.7 Å². The highest BCUT2D eigenvalue weighted by Gasteiger charge is 2.35. The molecule has 0 saturated carbocycles. The quantitative estimate of drug-likeness (QED) is 0.920. The second-order valence-electron chi connectivity index (χ2n) is 5.10. The van der Waals surface area contributed by atoms with Gasteiger partial charge in [0.15, 0.2) is 0 Å². The number of anilines is 1. The third-order valence-electron chi connectivity index (χ3n) is 3.96. The minimum atomic E-state index is -3.48. The number of piperidine rings is 1. The molecule has 6 heteroatoms. The molecule has 0 amide bonds. The molecule has 19 heavy (non-hydrogen) atoms. The predicted molar refractivity (Wildman–Crippen MR) is 75.5 cm³/mol. The first kappa shape index (κ1) is 14.3. The molecule has 0 radical (unpaired) electrons. The summed E-state index contributed by atoms with van der Waals surface area (Å²) in [7, 11) is -1.76. The van der Waals surface area contributed by atoms with Crippen molar-refractivity contribution in [1.82, 2.24) is 9.29 Å². The maximum atomic E-state index is 12.8. The van der Waals surface area contributed by atoms with Gasteiger partial charge in [0, 0.05) is 32.0 Å². The van der Waals surface area contributed by atoms with Gasteiger partial charge in [0.05, 0.1) is 5.69 Å². The van der Waals surface area contributed by atoms with Crippen molar-refractivity contribution in [3.05, 3.63) is 18.5 Å². The minimum absolute atomic E-state index is 0.0312. The van der Waals surface area contributed by atoms with E-state index in [1.807, 2.05) is 6.92 Å². The van der Waals surface area contributed by atoms with Crippen LogP contribution in [-0.4, -0.2) is 37.3 Å². The Morgan fingerprint density at radius 3 is 2.84 bits per heavy atom. The summed E-state index contributed by atoms with van der Waals surface area (Å²) in [6.45, 7) is 4.68. The summed E-state index contributed by atoms with van der Waals surface area (Å²) in [6.07, 6.45) is 5.01. The fourth-order valence-corrected chi connectivity index (χ4v) is 4.46. The molecule has 1 fully saturated rings. The molecular formula is C13H21N3O2S. The van der Waals surface area contributed by atoms with Crippen LogP contribution in [0.1, 0.15) is 26.7 Å². The molecular weight excluding hydrogens is 262 g/mol. The number of hydrogen-bond acceptors (Lipinski definition) is 4. The number of nitrogens with zero attached hydrogens (tertiary/aromatic N) is 2. The van der Waals surface area contributed by atoms with E-state index < -0.39 is 10.0 Å². The molecule has 2 unspecified atom stereocenters. The highest BCUT2D eigenvalue weighted by Crippen LogP contribution is 2.31. The summed E-state index contributed by atoms with van der Waals surface area (Å²) in [5.41, 5.74) is 0.598. The van der Waals surface area contributed by atoms with E-state index in [9.17, 15) is 8.42 Å². The van der Waals surface area contributed by atoms with Crippen molar-refractivity contribution >= 4 is 15.7 Å². The van der Waals surface area contributed by atoms with E-state index in [1.165, 1.54) is 6.20 Å². The number of pyridine rings is 1. The van der Waals surface area contributed by atoms with Crippen molar-refractivity contribution in [1.29, 1.82) is 0 Å². The Hall–Kier alpha value is -1.14. The van der Waals surface area contributed by atoms with Crippen LogP contribution >= 0.6 is 0 Å². The standard InChI is InChI=1S/C13H21N3O2S/c1-10-5-4-8-16(11(10)2)19(17,18)13-9-15-7-6-12(13)14-3/h6-7,9-11H,4-5,8H2,1-3H3,(H,14,15). The fraction of sp³-hybridized carbons (Fsp3) is 0.615. The highest BCUT2D eigenvalue weighted by atomic mass is 32.2. The molecule has 5 nitrogen and oxygen atoms in total. The van der Waals surface area contributed by atoms with Crippen LogP contribution in [0.5, 0.6) is 0 Å². The Morgan fingerprint density at radius 1 is 1.42 bits per heavy atom. The Bertz CT molecular complexity index is 545. The molecule has 1 N–H and O–H groups in total. The molecule has 0 aromatic carbocycles. The molecule has 0 spiro atoms. The average Bonchev–Trinajstić information content (AvgIpc) is 2.41. The van der Waals surface area contributed by atoms with Crippen LogP contribution in [0.15, 0.2) is 23.4 Å². The third kappa shape index (κ3) is 2.60. The maximum absolute atomic E-state index is 12.8. The first-order chi connectivity index (χ1) is 8.98. The number of hydrogen-bond donors (Lipinski definition) is 1. The van der Waals surface area contributed by atoms with Gasteiger partial charge in [-0.15, -0.1) is 0 Å². The van der Waals surface area contributed by atoms with Crippen LogP contribution < -0.4 is 5.32 Å². The smallest absolute Gasteiger partial charge is 0.246 e. The molecule has 2 atom stereocenters. The van der Waals surface area contributed by atoms with Gasteiger partial charge in [-0.1, -0.05) is 6.92 Å². The molecule has 2 rings (SSSR count). The molecule has 1 aromatic heterocycles. The SMILES string of the molecule is CNc1ccncc1S(=O)(=O)N1CCCC(C)C1C. The monoisotopic (exact) mass is 283 g/mol. The van der Waals surface area contributed by atoms with Crippen LogP contribution in [0, 0.1) is 5.92 Å². The van der Waals surface area contributed by atoms with Crippen molar-refractivity contribution in [2.24, 2.45) is 5.92 Å². The fourth-order valence-electron chi connectivity index (χ4n) is 2.56. The second kappa shape index (κ2) is 5.46. The topological polar surface area (TPSA) is 62.3 Å².